The molecule has 3 rings (SSSR count). The lowest BCUT2D eigenvalue weighted by molar-refractivity contribution is 0.0999. The molecule has 1 aromatic heterocycles. The molecule has 0 radical (unpaired) electrons. The number of carbonyl (C=O) groups is 1. The van der Waals surface area contributed by atoms with Crippen molar-refractivity contribution < 1.29 is 9.53 Å². The van der Waals surface area contributed by atoms with E-state index in [0.717, 1.165) is 16.7 Å². The van der Waals surface area contributed by atoms with Crippen LogP contribution in [0.25, 0.3) is 0 Å². The number of nitrogens with two attached hydrogens (primary N) is 1. The van der Waals surface area contributed by atoms with Crippen molar-refractivity contribution in [3.63, 3.8) is 0 Å². The van der Waals surface area contributed by atoms with Gasteiger partial charge in [0.25, 0.3) is 5.56 Å². The molecule has 0 aliphatic heterocycles. The standard InChI is InChI=1S/C20H17BrN2O3/c21-17-18(26-12-13-6-2-1-3-7-13)15(11-23-20(17)25)10-14-8-4-5-9-16(14)19(22)24/h1-9,11H,10,12H2,(H2,22,24)(H,23,25). The summed E-state index contributed by atoms with van der Waals surface area (Å²) in [5.41, 5.74) is 8.14. The first-order valence-corrected chi connectivity index (χ1v) is 8.80. The number of primary amides is 1. The number of H-pyrrole nitrogens is 1. The Morgan fingerprint density at radius 2 is 1.73 bits per heavy atom. The van der Waals surface area contributed by atoms with E-state index in [9.17, 15) is 9.59 Å². The molecule has 0 fully saturated rings. The second kappa shape index (κ2) is 8.01. The first-order valence-electron chi connectivity index (χ1n) is 8.00. The van der Waals surface area contributed by atoms with Gasteiger partial charge in [-0.1, -0.05) is 48.5 Å². The molecule has 1 heterocycles. The number of amides is 1. The van der Waals surface area contributed by atoms with Crippen LogP contribution in [0.4, 0.5) is 0 Å². The highest BCUT2D eigenvalue weighted by Crippen LogP contribution is 2.29. The Hall–Kier alpha value is -2.86. The number of hydrogen-bond acceptors (Lipinski definition) is 3. The summed E-state index contributed by atoms with van der Waals surface area (Å²) in [4.78, 5) is 26.3. The van der Waals surface area contributed by atoms with Crippen LogP contribution in [0.5, 0.6) is 5.75 Å². The highest BCUT2D eigenvalue weighted by Gasteiger charge is 2.15. The highest BCUT2D eigenvalue weighted by molar-refractivity contribution is 9.10. The van der Waals surface area contributed by atoms with Crippen LogP contribution in [0.2, 0.25) is 0 Å². The normalized spacial score (nSPS) is 10.5. The van der Waals surface area contributed by atoms with Crippen LogP contribution in [0.1, 0.15) is 27.0 Å². The Labute approximate surface area is 159 Å². The van der Waals surface area contributed by atoms with Crippen molar-refractivity contribution >= 4 is 21.8 Å². The third-order valence-electron chi connectivity index (χ3n) is 3.96. The van der Waals surface area contributed by atoms with E-state index in [1.165, 1.54) is 0 Å². The van der Waals surface area contributed by atoms with Crippen molar-refractivity contribution in [3.8, 4) is 5.75 Å². The van der Waals surface area contributed by atoms with E-state index in [0.29, 0.717) is 28.8 Å². The Morgan fingerprint density at radius 3 is 2.46 bits per heavy atom. The zero-order valence-corrected chi connectivity index (χ0v) is 15.5. The summed E-state index contributed by atoms with van der Waals surface area (Å²) in [6.07, 6.45) is 2.00. The van der Waals surface area contributed by atoms with Crippen LogP contribution in [-0.2, 0) is 13.0 Å². The van der Waals surface area contributed by atoms with Crippen molar-refractivity contribution in [2.45, 2.75) is 13.0 Å². The van der Waals surface area contributed by atoms with E-state index in [4.69, 9.17) is 10.5 Å². The second-order valence-electron chi connectivity index (χ2n) is 5.76. The minimum atomic E-state index is -0.490. The quantitative estimate of drug-likeness (QED) is 0.650. The SMILES string of the molecule is NC(=O)c1ccccc1Cc1c[nH]c(=O)c(Br)c1OCc1ccccc1. The van der Waals surface area contributed by atoms with E-state index in [2.05, 4.69) is 20.9 Å². The molecular formula is C20H17BrN2O3. The number of halogens is 1. The second-order valence-corrected chi connectivity index (χ2v) is 6.55. The minimum absolute atomic E-state index is 0.278. The number of nitrogens with one attached hydrogen (secondary N) is 1. The van der Waals surface area contributed by atoms with Crippen LogP contribution in [-0.4, -0.2) is 10.9 Å². The maximum Gasteiger partial charge on any atom is 0.266 e. The lowest BCUT2D eigenvalue weighted by Crippen LogP contribution is -2.15. The Morgan fingerprint density at radius 1 is 1.04 bits per heavy atom. The van der Waals surface area contributed by atoms with Crippen LogP contribution < -0.4 is 16.0 Å². The van der Waals surface area contributed by atoms with Crippen molar-refractivity contribution in [2.24, 2.45) is 5.73 Å². The molecule has 6 heteroatoms. The highest BCUT2D eigenvalue weighted by atomic mass is 79.9. The number of aromatic nitrogens is 1. The molecule has 0 aliphatic rings. The number of rotatable bonds is 6. The molecule has 0 saturated heterocycles. The zero-order valence-electron chi connectivity index (χ0n) is 13.9. The first kappa shape index (κ1) is 17.9. The maximum absolute atomic E-state index is 12.0. The van der Waals surface area contributed by atoms with Crippen molar-refractivity contribution in [3.05, 3.63) is 97.9 Å². The Balaban J connectivity index is 1.94. The fraction of sp³-hybridized carbons (Fsp3) is 0.100. The van der Waals surface area contributed by atoms with Crippen LogP contribution >= 0.6 is 15.9 Å². The van der Waals surface area contributed by atoms with Gasteiger partial charge < -0.3 is 15.5 Å². The Bertz CT molecular complexity index is 984. The number of pyridine rings is 1. The molecule has 0 saturated carbocycles. The fourth-order valence-corrected chi connectivity index (χ4v) is 3.15. The van der Waals surface area contributed by atoms with Crippen molar-refractivity contribution in [1.82, 2.24) is 4.98 Å². The summed E-state index contributed by atoms with van der Waals surface area (Å²) in [6.45, 7) is 0.327. The van der Waals surface area contributed by atoms with E-state index >= 15 is 0 Å². The van der Waals surface area contributed by atoms with Crippen LogP contribution in [0.15, 0.2) is 70.1 Å². The van der Waals surface area contributed by atoms with Gasteiger partial charge in [-0.25, -0.2) is 0 Å². The Kier molecular flexibility index (Phi) is 5.53. The molecule has 0 unspecified atom stereocenters. The summed E-state index contributed by atoms with van der Waals surface area (Å²) < 4.78 is 6.25. The van der Waals surface area contributed by atoms with Gasteiger partial charge in [0.05, 0.1) is 0 Å². The molecule has 0 bridgehead atoms. The average molecular weight is 413 g/mol. The average Bonchev–Trinajstić information content (AvgIpc) is 2.65. The summed E-state index contributed by atoms with van der Waals surface area (Å²) in [6, 6.07) is 16.8. The smallest absolute Gasteiger partial charge is 0.266 e. The van der Waals surface area contributed by atoms with E-state index in [1.54, 1.807) is 18.3 Å². The number of benzene rings is 2. The third kappa shape index (κ3) is 4.03. The topological polar surface area (TPSA) is 85.2 Å². The molecule has 2 aromatic carbocycles. The predicted molar refractivity (Wildman–Crippen MR) is 103 cm³/mol. The lowest BCUT2D eigenvalue weighted by Gasteiger charge is -2.14. The van der Waals surface area contributed by atoms with E-state index < -0.39 is 5.91 Å². The molecule has 0 atom stereocenters. The molecule has 0 aliphatic carbocycles. The van der Waals surface area contributed by atoms with Crippen LogP contribution in [0.3, 0.4) is 0 Å². The van der Waals surface area contributed by atoms with Gasteiger partial charge in [0.15, 0.2) is 0 Å². The zero-order chi connectivity index (χ0) is 18.5. The van der Waals surface area contributed by atoms with Crippen molar-refractivity contribution in [2.75, 3.05) is 0 Å². The molecular weight excluding hydrogens is 396 g/mol. The maximum atomic E-state index is 12.0. The largest absolute Gasteiger partial charge is 0.487 e. The summed E-state index contributed by atoms with van der Waals surface area (Å²) in [7, 11) is 0. The van der Waals surface area contributed by atoms with Crippen molar-refractivity contribution in [1.29, 1.82) is 0 Å². The molecule has 132 valence electrons. The van der Waals surface area contributed by atoms with Gasteiger partial charge in [0.1, 0.15) is 16.8 Å². The fourth-order valence-electron chi connectivity index (χ4n) is 2.66. The number of carbonyl (C=O) groups excluding carboxylic acids is 1. The molecule has 26 heavy (non-hydrogen) atoms. The summed E-state index contributed by atoms with van der Waals surface area (Å²) >= 11 is 3.31. The van der Waals surface area contributed by atoms with Gasteiger partial charge in [-0.15, -0.1) is 0 Å². The molecule has 1 amide bonds. The molecule has 3 N–H and O–H groups in total. The van der Waals surface area contributed by atoms with Gasteiger partial charge in [-0.2, -0.15) is 0 Å². The molecule has 3 aromatic rings. The molecule has 0 spiro atoms. The number of hydrogen-bond donors (Lipinski definition) is 2. The predicted octanol–water partition coefficient (Wildman–Crippen LogP) is 3.41. The van der Waals surface area contributed by atoms with Gasteiger partial charge in [0, 0.05) is 23.7 Å². The third-order valence-corrected chi connectivity index (χ3v) is 4.68. The van der Waals surface area contributed by atoms with E-state index in [1.807, 2.05) is 42.5 Å². The summed E-state index contributed by atoms with van der Waals surface area (Å²) in [5.74, 6) is -0.0345. The van der Waals surface area contributed by atoms with Gasteiger partial charge in [-0.05, 0) is 33.1 Å². The first-order chi connectivity index (χ1) is 12.6. The number of ether oxygens (including phenoxy) is 1. The monoisotopic (exact) mass is 412 g/mol. The summed E-state index contributed by atoms with van der Waals surface area (Å²) in [5, 5.41) is 0. The van der Waals surface area contributed by atoms with E-state index in [-0.39, 0.29) is 5.56 Å². The molecule has 5 nitrogen and oxygen atoms in total. The lowest BCUT2D eigenvalue weighted by atomic mass is 10.00. The van der Waals surface area contributed by atoms with Crippen LogP contribution in [0, 0.1) is 0 Å². The van der Waals surface area contributed by atoms with Gasteiger partial charge in [0.2, 0.25) is 5.91 Å². The van der Waals surface area contributed by atoms with Gasteiger partial charge in [-0.3, -0.25) is 9.59 Å². The van der Waals surface area contributed by atoms with Gasteiger partial charge >= 0.3 is 0 Å². The minimum Gasteiger partial charge on any atom is -0.487 e. The number of aromatic amines is 1.